The van der Waals surface area contributed by atoms with Gasteiger partial charge in [-0.15, -0.1) is 0 Å². The SMILES string of the molecule is Cc1noc2c1C(c1cccc(Br)c1)C1=C(CC(C)(C)CC1=O)N2. The Morgan fingerprint density at radius 1 is 1.33 bits per heavy atom. The van der Waals surface area contributed by atoms with Crippen LogP contribution < -0.4 is 5.32 Å². The Kier molecular flexibility index (Phi) is 3.46. The molecule has 124 valence electrons. The molecule has 4 rings (SSSR count). The van der Waals surface area contributed by atoms with Crippen molar-refractivity contribution in [1.29, 1.82) is 0 Å². The first kappa shape index (κ1) is 15.6. The molecule has 0 radical (unpaired) electrons. The predicted molar refractivity (Wildman–Crippen MR) is 95.9 cm³/mol. The van der Waals surface area contributed by atoms with E-state index in [1.54, 1.807) is 0 Å². The maximum Gasteiger partial charge on any atom is 0.233 e. The van der Waals surface area contributed by atoms with Crippen LogP contribution in [-0.4, -0.2) is 10.9 Å². The van der Waals surface area contributed by atoms with Crippen LogP contribution in [0.3, 0.4) is 0 Å². The molecular formula is C19H19BrN2O2. The average Bonchev–Trinajstić information content (AvgIpc) is 2.85. The van der Waals surface area contributed by atoms with Crippen molar-refractivity contribution in [2.45, 2.75) is 39.5 Å². The topological polar surface area (TPSA) is 55.1 Å². The number of rotatable bonds is 1. The number of halogens is 1. The second-order valence-electron chi connectivity index (χ2n) is 7.46. The third kappa shape index (κ3) is 2.42. The molecule has 5 heteroatoms. The lowest BCUT2D eigenvalue weighted by molar-refractivity contribution is -0.118. The normalized spacial score (nSPS) is 22.0. The highest BCUT2D eigenvalue weighted by Crippen LogP contribution is 2.50. The number of benzene rings is 1. The molecule has 1 aliphatic heterocycles. The third-order valence-electron chi connectivity index (χ3n) is 4.85. The molecule has 1 unspecified atom stereocenters. The second-order valence-corrected chi connectivity index (χ2v) is 8.37. The smallest absolute Gasteiger partial charge is 0.233 e. The molecule has 2 aliphatic rings. The van der Waals surface area contributed by atoms with Crippen molar-refractivity contribution in [2.24, 2.45) is 5.41 Å². The summed E-state index contributed by atoms with van der Waals surface area (Å²) < 4.78 is 6.50. The van der Waals surface area contributed by atoms with Crippen LogP contribution in [0, 0.1) is 12.3 Å². The van der Waals surface area contributed by atoms with E-state index in [-0.39, 0.29) is 17.1 Å². The summed E-state index contributed by atoms with van der Waals surface area (Å²) in [5, 5.41) is 7.47. The van der Waals surface area contributed by atoms with Crippen molar-refractivity contribution in [2.75, 3.05) is 5.32 Å². The average molecular weight is 387 g/mol. The minimum absolute atomic E-state index is 0.0443. The van der Waals surface area contributed by atoms with E-state index in [0.29, 0.717) is 12.3 Å². The highest BCUT2D eigenvalue weighted by molar-refractivity contribution is 9.10. The lowest BCUT2D eigenvalue weighted by atomic mass is 9.69. The molecule has 4 nitrogen and oxygen atoms in total. The Hall–Kier alpha value is -1.88. The lowest BCUT2D eigenvalue weighted by Crippen LogP contribution is -2.33. The van der Waals surface area contributed by atoms with Crippen molar-refractivity contribution in [1.82, 2.24) is 5.16 Å². The van der Waals surface area contributed by atoms with Gasteiger partial charge in [0.15, 0.2) is 5.78 Å². The number of ketones is 1. The fraction of sp³-hybridized carbons (Fsp3) is 0.368. The van der Waals surface area contributed by atoms with E-state index in [9.17, 15) is 4.79 Å². The molecule has 24 heavy (non-hydrogen) atoms. The Balaban J connectivity index is 1.95. The van der Waals surface area contributed by atoms with Gasteiger partial charge in [0, 0.05) is 28.1 Å². The Bertz CT molecular complexity index is 879. The van der Waals surface area contributed by atoms with Crippen LogP contribution in [0.25, 0.3) is 0 Å². The van der Waals surface area contributed by atoms with Gasteiger partial charge in [0.05, 0.1) is 11.3 Å². The van der Waals surface area contributed by atoms with Gasteiger partial charge in [-0.25, -0.2) is 0 Å². The van der Waals surface area contributed by atoms with Crippen molar-refractivity contribution in [3.05, 3.63) is 56.8 Å². The van der Waals surface area contributed by atoms with Gasteiger partial charge in [-0.05, 0) is 36.5 Å². The predicted octanol–water partition coefficient (Wildman–Crippen LogP) is 4.95. The zero-order valence-electron chi connectivity index (χ0n) is 13.9. The summed E-state index contributed by atoms with van der Waals surface area (Å²) in [5.41, 5.74) is 4.68. The standard InChI is InChI=1S/C19H19BrN2O2/c1-10-15-16(11-5-4-6-12(20)7-11)17-13(21-18(15)24-22-10)8-19(2,3)9-14(17)23/h4-7,16,21H,8-9H2,1-3H3. The fourth-order valence-electron chi connectivity index (χ4n) is 3.89. The van der Waals surface area contributed by atoms with Gasteiger partial charge >= 0.3 is 0 Å². The molecule has 1 N–H and O–H groups in total. The van der Waals surface area contributed by atoms with Gasteiger partial charge in [0.2, 0.25) is 5.88 Å². The number of aryl methyl sites for hydroxylation is 1. The highest BCUT2D eigenvalue weighted by atomic mass is 79.9. The number of carbonyl (C=O) groups is 1. The monoisotopic (exact) mass is 386 g/mol. The van der Waals surface area contributed by atoms with Crippen LogP contribution in [-0.2, 0) is 4.79 Å². The van der Waals surface area contributed by atoms with E-state index in [0.717, 1.165) is 39.0 Å². The van der Waals surface area contributed by atoms with Gasteiger partial charge < -0.3 is 9.84 Å². The summed E-state index contributed by atoms with van der Waals surface area (Å²) in [4.78, 5) is 13.0. The summed E-state index contributed by atoms with van der Waals surface area (Å²) in [5.74, 6) is 0.760. The number of hydrogen-bond acceptors (Lipinski definition) is 4. The largest absolute Gasteiger partial charge is 0.338 e. The molecule has 2 aromatic rings. The number of fused-ring (bicyclic) bond motifs is 1. The van der Waals surface area contributed by atoms with E-state index in [2.05, 4.69) is 52.4 Å². The Morgan fingerprint density at radius 2 is 2.12 bits per heavy atom. The third-order valence-corrected chi connectivity index (χ3v) is 5.35. The minimum atomic E-state index is -0.122. The van der Waals surface area contributed by atoms with E-state index in [4.69, 9.17) is 4.52 Å². The number of carbonyl (C=O) groups excluding carboxylic acids is 1. The zero-order chi connectivity index (χ0) is 17.1. The summed E-state index contributed by atoms with van der Waals surface area (Å²) >= 11 is 3.54. The van der Waals surface area contributed by atoms with Crippen molar-refractivity contribution in [3.8, 4) is 0 Å². The molecule has 0 bridgehead atoms. The molecule has 1 aliphatic carbocycles. The quantitative estimate of drug-likeness (QED) is 0.753. The van der Waals surface area contributed by atoms with Crippen LogP contribution >= 0.6 is 15.9 Å². The summed E-state index contributed by atoms with van der Waals surface area (Å²) in [6, 6.07) is 8.13. The van der Waals surface area contributed by atoms with Crippen LogP contribution in [0.5, 0.6) is 0 Å². The molecule has 0 amide bonds. The van der Waals surface area contributed by atoms with Crippen molar-refractivity contribution in [3.63, 3.8) is 0 Å². The first-order valence-corrected chi connectivity index (χ1v) is 8.90. The Labute approximate surface area is 149 Å². The van der Waals surface area contributed by atoms with Gasteiger partial charge in [-0.3, -0.25) is 4.79 Å². The molecular weight excluding hydrogens is 368 g/mol. The number of anilines is 1. The van der Waals surface area contributed by atoms with Crippen LogP contribution in [0.4, 0.5) is 5.88 Å². The number of hydrogen-bond donors (Lipinski definition) is 1. The van der Waals surface area contributed by atoms with Gasteiger partial charge in [-0.2, -0.15) is 0 Å². The summed E-state index contributed by atoms with van der Waals surface area (Å²) in [6.45, 7) is 6.19. The van der Waals surface area contributed by atoms with E-state index >= 15 is 0 Å². The maximum atomic E-state index is 13.0. The summed E-state index contributed by atoms with van der Waals surface area (Å²) in [7, 11) is 0. The summed E-state index contributed by atoms with van der Waals surface area (Å²) in [6.07, 6.45) is 1.40. The van der Waals surface area contributed by atoms with Gasteiger partial charge in [0.25, 0.3) is 0 Å². The van der Waals surface area contributed by atoms with Crippen LogP contribution in [0.15, 0.2) is 44.5 Å². The van der Waals surface area contributed by atoms with E-state index in [1.165, 1.54) is 0 Å². The van der Waals surface area contributed by atoms with Crippen molar-refractivity contribution >= 4 is 27.6 Å². The van der Waals surface area contributed by atoms with Crippen LogP contribution in [0.2, 0.25) is 0 Å². The Morgan fingerprint density at radius 3 is 2.88 bits per heavy atom. The lowest BCUT2D eigenvalue weighted by Gasteiger charge is -2.37. The molecule has 2 heterocycles. The molecule has 0 saturated carbocycles. The maximum absolute atomic E-state index is 13.0. The van der Waals surface area contributed by atoms with E-state index in [1.807, 2.05) is 19.1 Å². The number of aromatic nitrogens is 1. The van der Waals surface area contributed by atoms with Gasteiger partial charge in [-0.1, -0.05) is 47.1 Å². The van der Waals surface area contributed by atoms with Crippen LogP contribution in [0.1, 0.15) is 49.4 Å². The van der Waals surface area contributed by atoms with Crippen molar-refractivity contribution < 1.29 is 9.32 Å². The van der Waals surface area contributed by atoms with E-state index < -0.39 is 0 Å². The zero-order valence-corrected chi connectivity index (χ0v) is 15.5. The number of Topliss-reactive ketones (excluding diaryl/α,β-unsaturated/α-hetero) is 1. The molecule has 0 fully saturated rings. The molecule has 0 saturated heterocycles. The second kappa shape index (κ2) is 5.31. The molecule has 1 aromatic heterocycles. The van der Waals surface area contributed by atoms with Gasteiger partial charge in [0.1, 0.15) is 0 Å². The number of nitrogens with one attached hydrogen (secondary N) is 1. The number of allylic oxidation sites excluding steroid dienone is 2. The fourth-order valence-corrected chi connectivity index (χ4v) is 4.31. The number of nitrogens with zero attached hydrogens (tertiary/aromatic N) is 1. The molecule has 0 spiro atoms. The molecule has 1 aromatic carbocycles. The highest BCUT2D eigenvalue weighted by Gasteiger charge is 2.42. The molecule has 1 atom stereocenters. The minimum Gasteiger partial charge on any atom is -0.338 e. The first-order valence-electron chi connectivity index (χ1n) is 8.11. The first-order chi connectivity index (χ1) is 11.4.